The smallest absolute Gasteiger partial charge is 0.264 e. The van der Waals surface area contributed by atoms with E-state index in [-0.39, 0.29) is 29.0 Å². The van der Waals surface area contributed by atoms with Crippen LogP contribution in [0.4, 0.5) is 5.69 Å². The first kappa shape index (κ1) is 32.7. The quantitative estimate of drug-likeness (QED) is 0.255. The molecule has 1 atom stereocenters. The fourth-order valence-electron chi connectivity index (χ4n) is 4.09. The van der Waals surface area contributed by atoms with E-state index in [1.54, 1.807) is 56.3 Å². The van der Waals surface area contributed by atoms with Crippen molar-refractivity contribution in [2.75, 3.05) is 17.4 Å². The summed E-state index contributed by atoms with van der Waals surface area (Å²) >= 11 is 19.1. The van der Waals surface area contributed by atoms with Gasteiger partial charge in [0.05, 0.1) is 10.6 Å². The number of rotatable bonds is 11. The normalized spacial score (nSPS) is 12.2. The number of aryl methyl sites for hydroxylation is 2. The standard InChI is InChI=1S/C30H34Cl3N3O4S/c1-19(2)16-34-30(38)22(5)35(17-25-26(32)7-6-8-27(25)33)29(37)18-36(28-15-23(31)12-11-21(28)4)41(39,40)24-13-9-20(3)10-14-24/h6-15,19,22H,16-18H2,1-5H3,(H,34,38)/t22-/m1/s1. The number of halogens is 3. The van der Waals surface area contributed by atoms with Gasteiger partial charge in [0.25, 0.3) is 10.0 Å². The Morgan fingerprint density at radius 3 is 2.10 bits per heavy atom. The average Bonchev–Trinajstić information content (AvgIpc) is 2.91. The van der Waals surface area contributed by atoms with Gasteiger partial charge in [-0.05, 0) is 68.7 Å². The maximum Gasteiger partial charge on any atom is 0.264 e. The molecule has 3 aromatic rings. The number of amides is 2. The van der Waals surface area contributed by atoms with E-state index < -0.39 is 28.5 Å². The van der Waals surface area contributed by atoms with Crippen LogP contribution in [0.5, 0.6) is 0 Å². The molecule has 0 heterocycles. The fraction of sp³-hybridized carbons (Fsp3) is 0.333. The summed E-state index contributed by atoms with van der Waals surface area (Å²) in [7, 11) is -4.22. The Morgan fingerprint density at radius 1 is 0.902 bits per heavy atom. The van der Waals surface area contributed by atoms with Crippen LogP contribution in [0.1, 0.15) is 37.5 Å². The lowest BCUT2D eigenvalue weighted by Gasteiger charge is -2.33. The van der Waals surface area contributed by atoms with E-state index in [1.807, 2.05) is 20.8 Å². The lowest BCUT2D eigenvalue weighted by Crippen LogP contribution is -2.51. The SMILES string of the molecule is Cc1ccc(S(=O)(=O)N(CC(=O)N(Cc2c(Cl)cccc2Cl)[C@H](C)C(=O)NCC(C)C)c2cc(Cl)ccc2C)cc1. The molecular weight excluding hydrogens is 605 g/mol. The average molecular weight is 639 g/mol. The lowest BCUT2D eigenvalue weighted by molar-refractivity contribution is -0.139. The van der Waals surface area contributed by atoms with Crippen molar-refractivity contribution in [2.45, 2.75) is 52.1 Å². The highest BCUT2D eigenvalue weighted by molar-refractivity contribution is 7.92. The van der Waals surface area contributed by atoms with Crippen LogP contribution < -0.4 is 9.62 Å². The fourth-order valence-corrected chi connectivity index (χ4v) is 6.24. The first-order chi connectivity index (χ1) is 19.2. The van der Waals surface area contributed by atoms with E-state index >= 15 is 0 Å². The summed E-state index contributed by atoms with van der Waals surface area (Å²) in [6.07, 6.45) is 0. The molecule has 0 fully saturated rings. The Balaban J connectivity index is 2.09. The maximum atomic E-state index is 14.1. The van der Waals surface area contributed by atoms with Gasteiger partial charge in [0, 0.05) is 33.7 Å². The highest BCUT2D eigenvalue weighted by Gasteiger charge is 2.33. The van der Waals surface area contributed by atoms with Crippen LogP contribution in [-0.4, -0.2) is 44.3 Å². The number of sulfonamides is 1. The van der Waals surface area contributed by atoms with Crippen molar-refractivity contribution in [1.82, 2.24) is 10.2 Å². The van der Waals surface area contributed by atoms with Crippen molar-refractivity contribution in [3.63, 3.8) is 0 Å². The molecule has 220 valence electrons. The third kappa shape index (κ3) is 8.16. The highest BCUT2D eigenvalue weighted by atomic mass is 35.5. The molecule has 0 spiro atoms. The topological polar surface area (TPSA) is 86.8 Å². The number of hydrogen-bond donors (Lipinski definition) is 1. The van der Waals surface area contributed by atoms with E-state index in [4.69, 9.17) is 34.8 Å². The molecule has 0 saturated heterocycles. The molecule has 41 heavy (non-hydrogen) atoms. The van der Waals surface area contributed by atoms with Crippen LogP contribution >= 0.6 is 34.8 Å². The molecule has 0 unspecified atom stereocenters. The molecular formula is C30H34Cl3N3O4S. The van der Waals surface area contributed by atoms with Gasteiger partial charge in [-0.2, -0.15) is 0 Å². The Hall–Kier alpha value is -2.78. The van der Waals surface area contributed by atoms with E-state index in [1.165, 1.54) is 23.1 Å². The minimum Gasteiger partial charge on any atom is -0.354 e. The van der Waals surface area contributed by atoms with Gasteiger partial charge < -0.3 is 10.2 Å². The van der Waals surface area contributed by atoms with E-state index in [0.29, 0.717) is 32.7 Å². The largest absolute Gasteiger partial charge is 0.354 e. The number of nitrogens with zero attached hydrogens (tertiary/aromatic N) is 2. The minimum absolute atomic E-state index is 0.0127. The lowest BCUT2D eigenvalue weighted by atomic mass is 10.1. The predicted molar refractivity (Wildman–Crippen MR) is 166 cm³/mol. The molecule has 0 aliphatic heterocycles. The molecule has 7 nitrogen and oxygen atoms in total. The summed E-state index contributed by atoms with van der Waals surface area (Å²) in [6, 6.07) is 15.2. The molecule has 2 amide bonds. The second-order valence-corrected chi connectivity index (χ2v) is 13.4. The van der Waals surface area contributed by atoms with Gasteiger partial charge in [0.15, 0.2) is 0 Å². The van der Waals surface area contributed by atoms with E-state index in [9.17, 15) is 18.0 Å². The Kier molecular flexibility index (Phi) is 11.1. The molecule has 0 aliphatic rings. The number of nitrogens with one attached hydrogen (secondary N) is 1. The van der Waals surface area contributed by atoms with Crippen LogP contribution in [0, 0.1) is 19.8 Å². The summed E-state index contributed by atoms with van der Waals surface area (Å²) in [5.41, 5.74) is 2.18. The zero-order valence-electron chi connectivity index (χ0n) is 23.6. The minimum atomic E-state index is -4.22. The van der Waals surface area contributed by atoms with Gasteiger partial charge >= 0.3 is 0 Å². The van der Waals surface area contributed by atoms with Crippen molar-refractivity contribution in [3.05, 3.63) is 92.4 Å². The van der Waals surface area contributed by atoms with E-state index in [2.05, 4.69) is 5.32 Å². The third-order valence-electron chi connectivity index (χ3n) is 6.57. The molecule has 0 saturated carbocycles. The van der Waals surface area contributed by atoms with Crippen molar-refractivity contribution in [2.24, 2.45) is 5.92 Å². The predicted octanol–water partition coefficient (Wildman–Crippen LogP) is 6.65. The molecule has 0 aromatic heterocycles. The van der Waals surface area contributed by atoms with Gasteiger partial charge in [-0.1, -0.05) is 78.5 Å². The first-order valence-electron chi connectivity index (χ1n) is 13.1. The second-order valence-electron chi connectivity index (χ2n) is 10.3. The first-order valence-corrected chi connectivity index (χ1v) is 15.7. The zero-order valence-corrected chi connectivity index (χ0v) is 26.7. The van der Waals surface area contributed by atoms with Gasteiger partial charge in [-0.3, -0.25) is 13.9 Å². The van der Waals surface area contributed by atoms with Crippen molar-refractivity contribution >= 4 is 62.3 Å². The van der Waals surface area contributed by atoms with Crippen molar-refractivity contribution in [1.29, 1.82) is 0 Å². The summed E-state index contributed by atoms with van der Waals surface area (Å²) < 4.78 is 29.0. The molecule has 11 heteroatoms. The molecule has 3 aromatic carbocycles. The Labute approximate surface area is 257 Å². The third-order valence-corrected chi connectivity index (χ3v) is 9.29. The summed E-state index contributed by atoms with van der Waals surface area (Å²) in [5.74, 6) is -0.820. The summed E-state index contributed by atoms with van der Waals surface area (Å²) in [4.78, 5) is 28.5. The summed E-state index contributed by atoms with van der Waals surface area (Å²) in [5, 5.41) is 3.79. The van der Waals surface area contributed by atoms with E-state index in [0.717, 1.165) is 9.87 Å². The monoisotopic (exact) mass is 637 g/mol. The van der Waals surface area contributed by atoms with Gasteiger partial charge in [0.1, 0.15) is 12.6 Å². The van der Waals surface area contributed by atoms with Crippen molar-refractivity contribution < 1.29 is 18.0 Å². The molecule has 0 aliphatic carbocycles. The Bertz CT molecular complexity index is 1490. The highest BCUT2D eigenvalue weighted by Crippen LogP contribution is 2.31. The van der Waals surface area contributed by atoms with Crippen LogP contribution in [0.2, 0.25) is 15.1 Å². The van der Waals surface area contributed by atoms with Gasteiger partial charge in [0.2, 0.25) is 11.8 Å². The van der Waals surface area contributed by atoms with Gasteiger partial charge in [-0.15, -0.1) is 0 Å². The zero-order chi connectivity index (χ0) is 30.5. The summed E-state index contributed by atoms with van der Waals surface area (Å²) in [6.45, 7) is 8.79. The van der Waals surface area contributed by atoms with Gasteiger partial charge in [-0.25, -0.2) is 8.42 Å². The van der Waals surface area contributed by atoms with Crippen molar-refractivity contribution in [3.8, 4) is 0 Å². The number of carbonyl (C=O) groups excluding carboxylic acids is 2. The molecule has 3 rings (SSSR count). The van der Waals surface area contributed by atoms with Crippen LogP contribution in [0.25, 0.3) is 0 Å². The number of carbonyl (C=O) groups is 2. The Morgan fingerprint density at radius 2 is 1.51 bits per heavy atom. The second kappa shape index (κ2) is 13.9. The van der Waals surface area contributed by atoms with Crippen LogP contribution in [0.15, 0.2) is 65.6 Å². The van der Waals surface area contributed by atoms with Crippen LogP contribution in [0.3, 0.4) is 0 Å². The number of hydrogen-bond acceptors (Lipinski definition) is 4. The number of anilines is 1. The molecule has 0 radical (unpaired) electrons. The molecule has 1 N–H and O–H groups in total. The molecule has 0 bridgehead atoms. The number of benzene rings is 3. The van der Waals surface area contributed by atoms with Crippen LogP contribution in [-0.2, 0) is 26.2 Å². The maximum absolute atomic E-state index is 14.1.